The van der Waals surface area contributed by atoms with E-state index >= 15 is 0 Å². The molecule has 1 aliphatic carbocycles. The van der Waals surface area contributed by atoms with E-state index in [9.17, 15) is 4.79 Å². The highest BCUT2D eigenvalue weighted by molar-refractivity contribution is 5.25. The summed E-state index contributed by atoms with van der Waals surface area (Å²) < 4.78 is 2.16. The molecular formula is C24H30N2O. The highest BCUT2D eigenvalue weighted by Gasteiger charge is 2.35. The highest BCUT2D eigenvalue weighted by Crippen LogP contribution is 2.37. The summed E-state index contributed by atoms with van der Waals surface area (Å²) in [6.45, 7) is 4.13. The Morgan fingerprint density at radius 3 is 2.48 bits per heavy atom. The summed E-state index contributed by atoms with van der Waals surface area (Å²) in [6.07, 6.45) is 7.55. The van der Waals surface area contributed by atoms with Crippen LogP contribution in [0.2, 0.25) is 0 Å². The Balaban J connectivity index is 1.39. The summed E-state index contributed by atoms with van der Waals surface area (Å²) >= 11 is 0. The number of benzene rings is 1. The van der Waals surface area contributed by atoms with Crippen molar-refractivity contribution in [3.63, 3.8) is 0 Å². The molecule has 2 aliphatic heterocycles. The van der Waals surface area contributed by atoms with Crippen molar-refractivity contribution in [3.8, 4) is 0 Å². The van der Waals surface area contributed by atoms with E-state index < -0.39 is 0 Å². The fourth-order valence-electron chi connectivity index (χ4n) is 5.76. The zero-order valence-electron chi connectivity index (χ0n) is 16.1. The third kappa shape index (κ3) is 3.38. The summed E-state index contributed by atoms with van der Waals surface area (Å²) in [4.78, 5) is 15.9. The van der Waals surface area contributed by atoms with Crippen LogP contribution in [0.5, 0.6) is 0 Å². The maximum absolute atomic E-state index is 13.3. The van der Waals surface area contributed by atoms with E-state index in [1.54, 1.807) is 0 Å². The first kappa shape index (κ1) is 17.2. The van der Waals surface area contributed by atoms with Gasteiger partial charge in [0.25, 0.3) is 5.56 Å². The maximum atomic E-state index is 13.3. The van der Waals surface area contributed by atoms with Gasteiger partial charge in [-0.15, -0.1) is 0 Å². The lowest BCUT2D eigenvalue weighted by Crippen LogP contribution is -2.47. The van der Waals surface area contributed by atoms with Crippen LogP contribution in [-0.2, 0) is 13.1 Å². The van der Waals surface area contributed by atoms with E-state index in [4.69, 9.17) is 0 Å². The Morgan fingerprint density at radius 2 is 1.67 bits per heavy atom. The lowest BCUT2D eigenvalue weighted by atomic mass is 9.81. The van der Waals surface area contributed by atoms with E-state index in [0.29, 0.717) is 23.3 Å². The second kappa shape index (κ2) is 7.27. The summed E-state index contributed by atoms with van der Waals surface area (Å²) in [5, 5.41) is 0. The maximum Gasteiger partial charge on any atom is 0.254 e. The predicted octanol–water partition coefficient (Wildman–Crippen LogP) is 4.52. The quantitative estimate of drug-likeness (QED) is 0.802. The molecule has 27 heavy (non-hydrogen) atoms. The molecule has 3 nitrogen and oxygen atoms in total. The molecule has 2 atom stereocenters. The van der Waals surface area contributed by atoms with E-state index in [2.05, 4.69) is 51.9 Å². The normalized spacial score (nSPS) is 25.9. The molecule has 0 radical (unpaired) electrons. The zero-order valence-corrected chi connectivity index (χ0v) is 16.1. The van der Waals surface area contributed by atoms with Crippen LogP contribution in [0.1, 0.15) is 67.2 Å². The number of nitrogens with zero attached hydrogens (tertiary/aromatic N) is 2. The van der Waals surface area contributed by atoms with Gasteiger partial charge in [0.05, 0.1) is 0 Å². The summed E-state index contributed by atoms with van der Waals surface area (Å²) in [7, 11) is 0. The van der Waals surface area contributed by atoms with Crippen LogP contribution in [0.25, 0.3) is 0 Å². The second-order valence-electron chi connectivity index (χ2n) is 8.94. The van der Waals surface area contributed by atoms with Gasteiger partial charge in [0.15, 0.2) is 0 Å². The minimum Gasteiger partial charge on any atom is -0.312 e. The SMILES string of the molecule is O=c1c(C2CCCCC2)ccc2n1CC1CC2CN(Cc2ccccc2)C1. The third-order valence-corrected chi connectivity index (χ3v) is 7.00. The first-order chi connectivity index (χ1) is 13.3. The molecule has 1 aromatic carbocycles. The highest BCUT2D eigenvalue weighted by atomic mass is 16.1. The second-order valence-corrected chi connectivity index (χ2v) is 8.94. The molecule has 0 spiro atoms. The van der Waals surface area contributed by atoms with Gasteiger partial charge in [-0.05, 0) is 42.7 Å². The lowest BCUT2D eigenvalue weighted by molar-refractivity contribution is 0.114. The van der Waals surface area contributed by atoms with Crippen molar-refractivity contribution >= 4 is 0 Å². The van der Waals surface area contributed by atoms with Gasteiger partial charge in [0.1, 0.15) is 0 Å². The average molecular weight is 363 g/mol. The molecule has 2 unspecified atom stereocenters. The van der Waals surface area contributed by atoms with Crippen LogP contribution in [0, 0.1) is 5.92 Å². The molecule has 3 heteroatoms. The van der Waals surface area contributed by atoms with Crippen molar-refractivity contribution in [1.29, 1.82) is 0 Å². The number of fused-ring (bicyclic) bond motifs is 4. The monoisotopic (exact) mass is 362 g/mol. The van der Waals surface area contributed by atoms with E-state index in [-0.39, 0.29) is 0 Å². The molecule has 3 heterocycles. The number of hydrogen-bond donors (Lipinski definition) is 0. The smallest absolute Gasteiger partial charge is 0.254 e. The molecule has 1 saturated carbocycles. The Kier molecular flexibility index (Phi) is 4.65. The van der Waals surface area contributed by atoms with Crippen molar-refractivity contribution in [2.24, 2.45) is 5.92 Å². The number of hydrogen-bond acceptors (Lipinski definition) is 2. The Labute approximate surface area is 162 Å². The van der Waals surface area contributed by atoms with Crippen LogP contribution in [0.3, 0.4) is 0 Å². The Hall–Kier alpha value is -1.87. The molecular weight excluding hydrogens is 332 g/mol. The summed E-state index contributed by atoms with van der Waals surface area (Å²) in [5.74, 6) is 1.62. The average Bonchev–Trinajstić information content (AvgIpc) is 2.70. The van der Waals surface area contributed by atoms with Crippen LogP contribution >= 0.6 is 0 Å². The molecule has 2 bridgehead atoms. The van der Waals surface area contributed by atoms with Crippen molar-refractivity contribution in [1.82, 2.24) is 9.47 Å². The first-order valence-corrected chi connectivity index (χ1v) is 10.8. The fourth-order valence-corrected chi connectivity index (χ4v) is 5.76. The van der Waals surface area contributed by atoms with E-state index in [1.165, 1.54) is 49.8 Å². The van der Waals surface area contributed by atoms with Crippen molar-refractivity contribution < 1.29 is 0 Å². The summed E-state index contributed by atoms with van der Waals surface area (Å²) in [5.41, 5.74) is 4.10. The molecule has 142 valence electrons. The van der Waals surface area contributed by atoms with Gasteiger partial charge in [-0.1, -0.05) is 55.7 Å². The standard InChI is InChI=1S/C24H30N2O/c27-24-22(20-9-5-2-6-10-20)11-12-23-21-13-19(16-26(23)24)15-25(17-21)14-18-7-3-1-4-8-18/h1,3-4,7-8,11-12,19-21H,2,5-6,9-10,13-17H2. The van der Waals surface area contributed by atoms with Crippen LogP contribution < -0.4 is 5.56 Å². The van der Waals surface area contributed by atoms with E-state index in [1.807, 2.05) is 0 Å². The summed E-state index contributed by atoms with van der Waals surface area (Å²) in [6, 6.07) is 15.3. The van der Waals surface area contributed by atoms with Gasteiger partial charge >= 0.3 is 0 Å². The number of piperidine rings is 1. The van der Waals surface area contributed by atoms with Crippen LogP contribution in [0.15, 0.2) is 47.3 Å². The lowest BCUT2D eigenvalue weighted by Gasteiger charge is -2.43. The predicted molar refractivity (Wildman–Crippen MR) is 109 cm³/mol. The van der Waals surface area contributed by atoms with Gasteiger partial charge in [0.2, 0.25) is 0 Å². The first-order valence-electron chi connectivity index (χ1n) is 10.8. The van der Waals surface area contributed by atoms with Crippen LogP contribution in [0.4, 0.5) is 0 Å². The molecule has 0 N–H and O–H groups in total. The van der Waals surface area contributed by atoms with Gasteiger partial charge in [-0.2, -0.15) is 0 Å². The van der Waals surface area contributed by atoms with E-state index in [0.717, 1.165) is 31.7 Å². The number of rotatable bonds is 3. The topological polar surface area (TPSA) is 25.2 Å². The Morgan fingerprint density at radius 1 is 0.852 bits per heavy atom. The molecule has 5 rings (SSSR count). The van der Waals surface area contributed by atoms with Crippen molar-refractivity contribution in [2.75, 3.05) is 13.1 Å². The molecule has 2 aromatic rings. The minimum absolute atomic E-state index is 0.325. The third-order valence-electron chi connectivity index (χ3n) is 7.00. The minimum atomic E-state index is 0.325. The number of likely N-dealkylation sites (tertiary alicyclic amines) is 1. The van der Waals surface area contributed by atoms with Gasteiger partial charge in [-0.25, -0.2) is 0 Å². The number of pyridine rings is 1. The zero-order chi connectivity index (χ0) is 18.2. The Bertz CT molecular complexity index is 850. The molecule has 1 saturated heterocycles. The molecule has 0 amide bonds. The molecule has 2 fully saturated rings. The van der Waals surface area contributed by atoms with Gasteiger partial charge in [0, 0.05) is 43.4 Å². The largest absolute Gasteiger partial charge is 0.312 e. The van der Waals surface area contributed by atoms with Gasteiger partial charge in [-0.3, -0.25) is 9.69 Å². The molecule has 1 aromatic heterocycles. The molecule has 3 aliphatic rings. The fraction of sp³-hybridized carbons (Fsp3) is 0.542. The van der Waals surface area contributed by atoms with Crippen molar-refractivity contribution in [3.05, 3.63) is 69.6 Å². The van der Waals surface area contributed by atoms with Gasteiger partial charge < -0.3 is 4.57 Å². The number of aromatic nitrogens is 1. The van der Waals surface area contributed by atoms with Crippen LogP contribution in [-0.4, -0.2) is 22.6 Å². The van der Waals surface area contributed by atoms with Crippen molar-refractivity contribution in [2.45, 2.75) is 63.5 Å².